The largest absolute Gasteiger partial charge is 0.472 e. The minimum Gasteiger partial charge on any atom is -0.463 e. The molecule has 0 bridgehead atoms. The predicted octanol–water partition coefficient (Wildman–Crippen LogP) is 7.37. The van der Waals surface area contributed by atoms with E-state index >= 15 is 0 Å². The summed E-state index contributed by atoms with van der Waals surface area (Å²) >= 11 is 0. The van der Waals surface area contributed by atoms with E-state index in [9.17, 15) is 24.2 Å². The van der Waals surface area contributed by atoms with Crippen molar-refractivity contribution < 1.29 is 37.9 Å². The number of ether oxygens (including phenoxy) is 1. The van der Waals surface area contributed by atoms with E-state index in [0.717, 1.165) is 38.5 Å². The zero-order valence-corrected chi connectivity index (χ0v) is 26.4. The summed E-state index contributed by atoms with van der Waals surface area (Å²) in [5.74, 6) is -0.520. The van der Waals surface area contributed by atoms with Crippen LogP contribution in [-0.4, -0.2) is 54.3 Å². The van der Waals surface area contributed by atoms with E-state index in [0.29, 0.717) is 6.42 Å². The zero-order chi connectivity index (χ0) is 29.7. The fourth-order valence-corrected chi connectivity index (χ4v) is 5.08. The molecule has 40 heavy (non-hydrogen) atoms. The highest BCUT2D eigenvalue weighted by atomic mass is 31.2. The van der Waals surface area contributed by atoms with Crippen molar-refractivity contribution in [2.75, 3.05) is 26.4 Å². The minimum atomic E-state index is -4.39. The molecule has 10 heteroatoms. The molecule has 0 saturated carbocycles. The lowest BCUT2D eigenvalue weighted by atomic mass is 10.0. The molecule has 0 aromatic heterocycles. The summed E-state index contributed by atoms with van der Waals surface area (Å²) in [5, 5.41) is 12.5. The first-order valence-electron chi connectivity index (χ1n) is 16.0. The van der Waals surface area contributed by atoms with Crippen molar-refractivity contribution in [3.05, 3.63) is 0 Å². The van der Waals surface area contributed by atoms with Gasteiger partial charge in [-0.2, -0.15) is 0 Å². The van der Waals surface area contributed by atoms with Gasteiger partial charge in [-0.15, -0.1) is 0 Å². The Bertz CT molecular complexity index is 649. The number of nitrogens with one attached hydrogen (secondary N) is 1. The van der Waals surface area contributed by atoms with E-state index in [2.05, 4.69) is 19.2 Å². The van der Waals surface area contributed by atoms with Gasteiger partial charge in [-0.3, -0.25) is 18.6 Å². The Morgan fingerprint density at radius 2 is 1.12 bits per heavy atom. The zero-order valence-electron chi connectivity index (χ0n) is 25.5. The second kappa shape index (κ2) is 28.1. The van der Waals surface area contributed by atoms with Crippen LogP contribution in [0.2, 0.25) is 0 Å². The van der Waals surface area contributed by atoms with Crippen LogP contribution in [0.3, 0.4) is 0 Å². The van der Waals surface area contributed by atoms with Crippen molar-refractivity contribution in [3.63, 3.8) is 0 Å². The van der Waals surface area contributed by atoms with E-state index in [1.165, 1.54) is 83.5 Å². The lowest BCUT2D eigenvalue weighted by Gasteiger charge is -2.15. The SMILES string of the molecule is CCCCCCCCCCCCCCC(=O)OCC(O)COP(=O)(O)OCCNC(=O)CCCCCCCCC. The number of amides is 1. The molecular formula is C30H60NO8P. The molecule has 0 fully saturated rings. The Morgan fingerprint density at radius 3 is 1.62 bits per heavy atom. The molecule has 3 N–H and O–H groups in total. The van der Waals surface area contributed by atoms with Gasteiger partial charge < -0.3 is 20.1 Å². The Morgan fingerprint density at radius 1 is 0.675 bits per heavy atom. The summed E-state index contributed by atoms with van der Waals surface area (Å²) in [6, 6.07) is 0. The molecule has 1 amide bonds. The third-order valence-corrected chi connectivity index (χ3v) is 7.77. The maximum Gasteiger partial charge on any atom is 0.472 e. The molecule has 0 aliphatic heterocycles. The van der Waals surface area contributed by atoms with E-state index in [-0.39, 0.29) is 32.1 Å². The first-order valence-corrected chi connectivity index (χ1v) is 17.5. The number of phosphoric acid groups is 1. The Balaban J connectivity index is 3.64. The van der Waals surface area contributed by atoms with E-state index in [4.69, 9.17) is 13.8 Å². The normalized spacial score (nSPS) is 13.6. The highest BCUT2D eigenvalue weighted by Gasteiger charge is 2.23. The second-order valence-electron chi connectivity index (χ2n) is 10.8. The number of aliphatic hydroxyl groups is 1. The molecule has 0 aliphatic rings. The molecule has 2 atom stereocenters. The van der Waals surface area contributed by atoms with Gasteiger partial charge in [0, 0.05) is 19.4 Å². The second-order valence-corrected chi connectivity index (χ2v) is 12.2. The average molecular weight is 594 g/mol. The van der Waals surface area contributed by atoms with Crippen LogP contribution >= 0.6 is 7.82 Å². The first kappa shape index (κ1) is 39.0. The molecule has 0 radical (unpaired) electrons. The van der Waals surface area contributed by atoms with Crippen molar-refractivity contribution in [3.8, 4) is 0 Å². The van der Waals surface area contributed by atoms with Crippen LogP contribution in [0.5, 0.6) is 0 Å². The summed E-state index contributed by atoms with van der Waals surface area (Å²) in [4.78, 5) is 33.4. The van der Waals surface area contributed by atoms with Crippen LogP contribution in [0.15, 0.2) is 0 Å². The molecule has 0 aliphatic carbocycles. The molecule has 0 aromatic rings. The van der Waals surface area contributed by atoms with Crippen LogP contribution < -0.4 is 5.32 Å². The third-order valence-electron chi connectivity index (χ3n) is 6.79. The maximum atomic E-state index is 11.9. The van der Waals surface area contributed by atoms with Crippen LogP contribution in [-0.2, 0) is 27.9 Å². The Labute approximate surface area is 244 Å². The number of hydrogen-bond donors (Lipinski definition) is 3. The standard InChI is InChI=1S/C30H60NO8P/c1-3-5-7-9-11-12-13-14-15-17-19-21-23-30(34)37-26-28(32)27-39-40(35,36)38-25-24-31-29(33)22-20-18-16-10-8-6-4-2/h28,32H,3-27H2,1-2H3,(H,31,33)(H,35,36). The molecule has 0 aromatic carbocycles. The van der Waals surface area contributed by atoms with Crippen molar-refractivity contribution in [1.82, 2.24) is 5.32 Å². The summed E-state index contributed by atoms with van der Waals surface area (Å²) < 4.78 is 26.5. The minimum absolute atomic E-state index is 0.0858. The number of phosphoric ester groups is 1. The third kappa shape index (κ3) is 28.5. The van der Waals surface area contributed by atoms with Gasteiger partial charge in [-0.05, 0) is 12.8 Å². The number of aliphatic hydroxyl groups excluding tert-OH is 1. The number of carbonyl (C=O) groups is 2. The predicted molar refractivity (Wildman–Crippen MR) is 160 cm³/mol. The number of esters is 1. The van der Waals surface area contributed by atoms with Gasteiger partial charge in [0.05, 0.1) is 13.2 Å². The Hall–Kier alpha value is -0.990. The lowest BCUT2D eigenvalue weighted by Crippen LogP contribution is -2.27. The first-order chi connectivity index (χ1) is 19.3. The van der Waals surface area contributed by atoms with Gasteiger partial charge in [-0.25, -0.2) is 4.57 Å². The van der Waals surface area contributed by atoms with Crippen LogP contribution in [0, 0.1) is 0 Å². The van der Waals surface area contributed by atoms with Crippen molar-refractivity contribution >= 4 is 19.7 Å². The van der Waals surface area contributed by atoms with E-state index in [1.807, 2.05) is 0 Å². The van der Waals surface area contributed by atoms with Gasteiger partial charge in [0.2, 0.25) is 5.91 Å². The monoisotopic (exact) mass is 593 g/mol. The summed E-state index contributed by atoms with van der Waals surface area (Å²) in [6.45, 7) is 3.48. The number of unbranched alkanes of at least 4 members (excludes halogenated alkanes) is 17. The fraction of sp³-hybridized carbons (Fsp3) is 0.933. The maximum absolute atomic E-state index is 11.9. The van der Waals surface area contributed by atoms with Crippen LogP contribution in [0.1, 0.15) is 149 Å². The molecule has 0 spiro atoms. The van der Waals surface area contributed by atoms with Gasteiger partial charge >= 0.3 is 13.8 Å². The molecule has 238 valence electrons. The summed E-state index contributed by atoms with van der Waals surface area (Å²) in [7, 11) is -4.39. The van der Waals surface area contributed by atoms with Crippen molar-refractivity contribution in [2.45, 2.75) is 155 Å². The van der Waals surface area contributed by atoms with Gasteiger partial charge in [-0.1, -0.05) is 123 Å². The molecule has 0 saturated heterocycles. The fourth-order valence-electron chi connectivity index (χ4n) is 4.32. The summed E-state index contributed by atoms with van der Waals surface area (Å²) in [6.07, 6.45) is 21.9. The van der Waals surface area contributed by atoms with E-state index in [1.54, 1.807) is 0 Å². The van der Waals surface area contributed by atoms with Crippen molar-refractivity contribution in [2.24, 2.45) is 0 Å². The molecular weight excluding hydrogens is 533 g/mol. The summed E-state index contributed by atoms with van der Waals surface area (Å²) in [5.41, 5.74) is 0. The van der Waals surface area contributed by atoms with Crippen LogP contribution in [0.25, 0.3) is 0 Å². The van der Waals surface area contributed by atoms with Gasteiger partial charge in [0.15, 0.2) is 0 Å². The molecule has 0 heterocycles. The highest BCUT2D eigenvalue weighted by molar-refractivity contribution is 7.47. The quantitative estimate of drug-likeness (QED) is 0.0447. The van der Waals surface area contributed by atoms with Crippen LogP contribution in [0.4, 0.5) is 0 Å². The lowest BCUT2D eigenvalue weighted by molar-refractivity contribution is -0.147. The smallest absolute Gasteiger partial charge is 0.463 e. The van der Waals surface area contributed by atoms with Gasteiger partial charge in [0.1, 0.15) is 12.7 Å². The topological polar surface area (TPSA) is 131 Å². The Kier molecular flexibility index (Phi) is 27.4. The highest BCUT2D eigenvalue weighted by Crippen LogP contribution is 2.42. The molecule has 9 nitrogen and oxygen atoms in total. The van der Waals surface area contributed by atoms with E-state index < -0.39 is 26.5 Å². The van der Waals surface area contributed by atoms with Gasteiger partial charge in [0.25, 0.3) is 0 Å². The molecule has 2 unspecified atom stereocenters. The van der Waals surface area contributed by atoms with Crippen molar-refractivity contribution in [1.29, 1.82) is 0 Å². The number of rotatable bonds is 30. The molecule has 0 rings (SSSR count). The number of carbonyl (C=O) groups excluding carboxylic acids is 2. The average Bonchev–Trinajstić information content (AvgIpc) is 2.93. The number of hydrogen-bond acceptors (Lipinski definition) is 7.